The summed E-state index contributed by atoms with van der Waals surface area (Å²) in [6.07, 6.45) is 3.55. The molecule has 2 aliphatic rings. The summed E-state index contributed by atoms with van der Waals surface area (Å²) in [5, 5.41) is 11.7. The van der Waals surface area contributed by atoms with Crippen LogP contribution in [0.15, 0.2) is 60.7 Å². The van der Waals surface area contributed by atoms with Crippen molar-refractivity contribution in [3.63, 3.8) is 0 Å². The molecule has 3 aromatic rings. The molecular formula is C27H30FN5O. The lowest BCUT2D eigenvalue weighted by Gasteiger charge is -2.34. The van der Waals surface area contributed by atoms with Crippen LogP contribution in [0.25, 0.3) is 11.3 Å². The fraction of sp³-hybridized carbons (Fsp3) is 0.370. The highest BCUT2D eigenvalue weighted by Gasteiger charge is 2.57. The van der Waals surface area contributed by atoms with E-state index in [1.54, 1.807) is 12.1 Å². The van der Waals surface area contributed by atoms with Crippen molar-refractivity contribution >= 4 is 17.4 Å². The summed E-state index contributed by atoms with van der Waals surface area (Å²) in [7, 11) is 2.12. The third-order valence-corrected chi connectivity index (χ3v) is 7.30. The first-order valence-corrected chi connectivity index (χ1v) is 11.8. The van der Waals surface area contributed by atoms with Crippen LogP contribution in [0.2, 0.25) is 0 Å². The number of piperidine rings is 1. The highest BCUT2D eigenvalue weighted by atomic mass is 19.1. The minimum Gasteiger partial charge on any atom is -0.355 e. The molecule has 1 aromatic heterocycles. The Labute approximate surface area is 199 Å². The molecule has 1 saturated carbocycles. The van der Waals surface area contributed by atoms with Gasteiger partial charge in [-0.15, -0.1) is 10.2 Å². The van der Waals surface area contributed by atoms with E-state index >= 15 is 0 Å². The van der Waals surface area contributed by atoms with Crippen LogP contribution < -0.4 is 10.2 Å². The molecule has 0 unspecified atom stereocenters. The number of hydrogen-bond acceptors (Lipinski definition) is 5. The van der Waals surface area contributed by atoms with E-state index in [2.05, 4.69) is 32.4 Å². The molecular weight excluding hydrogens is 429 g/mol. The highest BCUT2D eigenvalue weighted by Crippen LogP contribution is 2.56. The van der Waals surface area contributed by atoms with Crippen LogP contribution >= 0.6 is 0 Å². The lowest BCUT2D eigenvalue weighted by molar-refractivity contribution is -0.114. The smallest absolute Gasteiger partial charge is 0.221 e. The summed E-state index contributed by atoms with van der Waals surface area (Å²) in [4.78, 5) is 15.9. The number of nitrogens with zero attached hydrogens (tertiary/aromatic N) is 4. The van der Waals surface area contributed by atoms with Crippen LogP contribution in [-0.2, 0) is 11.3 Å². The Morgan fingerprint density at radius 3 is 2.38 bits per heavy atom. The molecule has 1 spiro atoms. The zero-order valence-corrected chi connectivity index (χ0v) is 19.7. The molecule has 1 atom stereocenters. The van der Waals surface area contributed by atoms with Gasteiger partial charge in [0.25, 0.3) is 0 Å². The molecule has 2 heterocycles. The van der Waals surface area contributed by atoms with Crippen LogP contribution in [0.4, 0.5) is 15.9 Å². The van der Waals surface area contributed by atoms with Gasteiger partial charge in [0.2, 0.25) is 5.91 Å². The normalized spacial score (nSPS) is 19.1. The van der Waals surface area contributed by atoms with Gasteiger partial charge in [-0.05, 0) is 79.7 Å². The molecule has 6 nitrogen and oxygen atoms in total. The number of hydrogen-bond donors (Lipinski definition) is 1. The molecule has 0 radical (unpaired) electrons. The number of benzene rings is 2. The van der Waals surface area contributed by atoms with Crippen molar-refractivity contribution in [1.29, 1.82) is 0 Å². The molecule has 1 aliphatic carbocycles. The van der Waals surface area contributed by atoms with Crippen LogP contribution in [0.3, 0.4) is 0 Å². The first kappa shape index (κ1) is 22.5. The fourth-order valence-corrected chi connectivity index (χ4v) is 5.17. The number of likely N-dealkylation sites (tertiary alicyclic amines) is 1. The van der Waals surface area contributed by atoms with Crippen molar-refractivity contribution in [2.24, 2.45) is 5.41 Å². The van der Waals surface area contributed by atoms with E-state index < -0.39 is 0 Å². The molecule has 0 bridgehead atoms. The SMILES string of the molecule is CC(=O)Nc1ccc(-c2ccc(N(C)[C@@H]3CC34CCN(Cc3ccc(F)cc3)CC4)nn2)cc1. The summed E-state index contributed by atoms with van der Waals surface area (Å²) in [6, 6.07) is 19.0. The maximum atomic E-state index is 13.2. The van der Waals surface area contributed by atoms with E-state index in [1.807, 2.05) is 48.5 Å². The zero-order chi connectivity index (χ0) is 23.7. The van der Waals surface area contributed by atoms with Gasteiger partial charge in [0, 0.05) is 37.8 Å². The van der Waals surface area contributed by atoms with Crippen LogP contribution in [0, 0.1) is 11.2 Å². The van der Waals surface area contributed by atoms with Gasteiger partial charge in [-0.3, -0.25) is 9.69 Å². The van der Waals surface area contributed by atoms with Crippen molar-refractivity contribution in [2.75, 3.05) is 30.4 Å². The second kappa shape index (κ2) is 9.14. The Morgan fingerprint density at radius 1 is 1.06 bits per heavy atom. The van der Waals surface area contributed by atoms with E-state index in [-0.39, 0.29) is 11.7 Å². The molecule has 176 valence electrons. The maximum Gasteiger partial charge on any atom is 0.221 e. The van der Waals surface area contributed by atoms with Gasteiger partial charge < -0.3 is 10.2 Å². The first-order valence-electron chi connectivity index (χ1n) is 11.8. The van der Waals surface area contributed by atoms with Gasteiger partial charge in [-0.25, -0.2) is 4.39 Å². The molecule has 1 N–H and O–H groups in total. The fourth-order valence-electron chi connectivity index (χ4n) is 5.17. The first-order chi connectivity index (χ1) is 16.4. The average Bonchev–Trinajstić information content (AvgIpc) is 3.55. The second-order valence-electron chi connectivity index (χ2n) is 9.63. The molecule has 1 aliphatic heterocycles. The summed E-state index contributed by atoms with van der Waals surface area (Å²) < 4.78 is 13.2. The maximum absolute atomic E-state index is 13.2. The Bertz CT molecular complexity index is 1140. The number of carbonyl (C=O) groups excluding carboxylic acids is 1. The van der Waals surface area contributed by atoms with Crippen molar-refractivity contribution < 1.29 is 9.18 Å². The Hall–Kier alpha value is -3.32. The van der Waals surface area contributed by atoms with E-state index in [0.717, 1.165) is 42.4 Å². The number of nitrogens with one attached hydrogen (secondary N) is 1. The Balaban J connectivity index is 1.16. The van der Waals surface area contributed by atoms with E-state index in [9.17, 15) is 9.18 Å². The Morgan fingerprint density at radius 2 is 1.76 bits per heavy atom. The lowest BCUT2D eigenvalue weighted by Crippen LogP contribution is -2.37. The largest absolute Gasteiger partial charge is 0.355 e. The van der Waals surface area contributed by atoms with Gasteiger partial charge in [0.05, 0.1) is 5.69 Å². The van der Waals surface area contributed by atoms with E-state index in [0.29, 0.717) is 11.5 Å². The predicted molar refractivity (Wildman–Crippen MR) is 132 cm³/mol. The molecule has 5 rings (SSSR count). The van der Waals surface area contributed by atoms with E-state index in [1.165, 1.54) is 31.7 Å². The van der Waals surface area contributed by atoms with E-state index in [4.69, 9.17) is 0 Å². The molecule has 2 fully saturated rings. The van der Waals surface area contributed by atoms with Gasteiger partial charge >= 0.3 is 0 Å². The predicted octanol–water partition coefficient (Wildman–Crippen LogP) is 4.73. The monoisotopic (exact) mass is 459 g/mol. The van der Waals surface area contributed by atoms with Crippen molar-refractivity contribution in [3.8, 4) is 11.3 Å². The minimum absolute atomic E-state index is 0.0867. The minimum atomic E-state index is -0.179. The molecule has 7 heteroatoms. The third kappa shape index (κ3) is 4.80. The lowest BCUT2D eigenvalue weighted by atomic mass is 9.92. The van der Waals surface area contributed by atoms with Crippen molar-refractivity contribution in [3.05, 3.63) is 72.0 Å². The topological polar surface area (TPSA) is 61.4 Å². The van der Waals surface area contributed by atoms with Crippen LogP contribution in [0.5, 0.6) is 0 Å². The summed E-state index contributed by atoms with van der Waals surface area (Å²) >= 11 is 0. The van der Waals surface area contributed by atoms with Gasteiger partial charge in [-0.1, -0.05) is 24.3 Å². The Kier molecular flexibility index (Phi) is 6.04. The average molecular weight is 460 g/mol. The zero-order valence-electron chi connectivity index (χ0n) is 19.7. The van der Waals surface area contributed by atoms with Crippen LogP contribution in [-0.4, -0.2) is 47.2 Å². The van der Waals surface area contributed by atoms with Crippen LogP contribution in [0.1, 0.15) is 31.7 Å². The van der Waals surface area contributed by atoms with Gasteiger partial charge in [0.15, 0.2) is 5.82 Å². The summed E-state index contributed by atoms with van der Waals surface area (Å²) in [5.74, 6) is 0.631. The number of aromatic nitrogens is 2. The molecule has 2 aromatic carbocycles. The summed E-state index contributed by atoms with van der Waals surface area (Å²) in [5.41, 5.74) is 4.08. The molecule has 1 saturated heterocycles. The molecule has 34 heavy (non-hydrogen) atoms. The van der Waals surface area contributed by atoms with Gasteiger partial charge in [0.1, 0.15) is 5.82 Å². The molecule has 1 amide bonds. The number of amides is 1. The number of rotatable bonds is 6. The second-order valence-corrected chi connectivity index (χ2v) is 9.63. The van der Waals surface area contributed by atoms with Crippen molar-refractivity contribution in [1.82, 2.24) is 15.1 Å². The number of anilines is 2. The summed E-state index contributed by atoms with van der Waals surface area (Å²) in [6.45, 7) is 4.52. The quantitative estimate of drug-likeness (QED) is 0.577. The van der Waals surface area contributed by atoms with Gasteiger partial charge in [-0.2, -0.15) is 0 Å². The highest BCUT2D eigenvalue weighted by molar-refractivity contribution is 5.88. The number of halogens is 1. The number of carbonyl (C=O) groups is 1. The third-order valence-electron chi connectivity index (χ3n) is 7.30. The van der Waals surface area contributed by atoms with Crippen molar-refractivity contribution in [2.45, 2.75) is 38.8 Å². The standard InChI is InChI=1S/C27H30FN5O/c1-19(34)29-23-9-5-21(6-10-23)24-11-12-26(31-30-24)32(2)25-17-27(25)13-15-33(16-14-27)18-20-3-7-22(28)8-4-20/h3-12,25H,13-18H2,1-2H3,(H,29,34)/t25-/m1/s1.